The van der Waals surface area contributed by atoms with Gasteiger partial charge in [0.05, 0.1) is 18.8 Å². The Balaban J connectivity index is 1.60. The molecule has 6 nitrogen and oxygen atoms in total. The average Bonchev–Trinajstić information content (AvgIpc) is 2.53. The number of nitrogens with one attached hydrogen (secondary N) is 3. The van der Waals surface area contributed by atoms with E-state index in [9.17, 15) is 9.59 Å². The summed E-state index contributed by atoms with van der Waals surface area (Å²) in [6.45, 7) is 0.344. The summed E-state index contributed by atoms with van der Waals surface area (Å²) < 4.78 is 0. The highest BCUT2D eigenvalue weighted by atomic mass is 16.2. The molecule has 1 saturated carbocycles. The lowest BCUT2D eigenvalue weighted by atomic mass is 9.96. The fraction of sp³-hybridized carbons (Fsp3) is 0.533. The molecule has 3 N–H and O–H groups in total. The van der Waals surface area contributed by atoms with Crippen LogP contribution in [0, 0.1) is 0 Å². The summed E-state index contributed by atoms with van der Waals surface area (Å²) in [4.78, 5) is 27.4. The molecule has 0 spiro atoms. The van der Waals surface area contributed by atoms with Gasteiger partial charge in [-0.15, -0.1) is 0 Å². The third-order valence-electron chi connectivity index (χ3n) is 3.54. The molecule has 0 unspecified atom stereocenters. The van der Waals surface area contributed by atoms with Crippen molar-refractivity contribution in [3.8, 4) is 0 Å². The Bertz CT molecular complexity index is 458. The van der Waals surface area contributed by atoms with Crippen molar-refractivity contribution < 1.29 is 9.59 Å². The number of amides is 3. The van der Waals surface area contributed by atoms with E-state index in [4.69, 9.17) is 0 Å². The molecule has 6 heteroatoms. The fourth-order valence-corrected chi connectivity index (χ4v) is 2.40. The molecular formula is C15H22N4O2. The highest BCUT2D eigenvalue weighted by Crippen LogP contribution is 2.16. The average molecular weight is 290 g/mol. The first-order valence-electron chi connectivity index (χ1n) is 7.45. The van der Waals surface area contributed by atoms with Gasteiger partial charge in [-0.25, -0.2) is 4.79 Å². The standard InChI is InChI=1S/C15H22N4O2/c20-14(17-10-13-8-4-5-9-16-13)11-18-15(21)19-12-6-2-1-3-7-12/h4-5,8-9,12H,1-3,6-7,10-11H2,(H,17,20)(H2,18,19,21). The van der Waals surface area contributed by atoms with Gasteiger partial charge in [-0.05, 0) is 25.0 Å². The SMILES string of the molecule is O=C(CNC(=O)NC1CCCCC1)NCc1ccccn1. The van der Waals surface area contributed by atoms with E-state index in [0.717, 1.165) is 31.4 Å². The molecule has 0 atom stereocenters. The van der Waals surface area contributed by atoms with Gasteiger partial charge in [-0.1, -0.05) is 25.3 Å². The second-order valence-electron chi connectivity index (χ2n) is 5.26. The topological polar surface area (TPSA) is 83.1 Å². The van der Waals surface area contributed by atoms with Crippen LogP contribution in [0.15, 0.2) is 24.4 Å². The van der Waals surface area contributed by atoms with Crippen molar-refractivity contribution in [2.24, 2.45) is 0 Å². The van der Waals surface area contributed by atoms with Crippen molar-refractivity contribution in [1.29, 1.82) is 0 Å². The van der Waals surface area contributed by atoms with Crippen molar-refractivity contribution in [1.82, 2.24) is 20.9 Å². The Labute approximate surface area is 124 Å². The van der Waals surface area contributed by atoms with Crippen LogP contribution >= 0.6 is 0 Å². The largest absolute Gasteiger partial charge is 0.349 e. The Hall–Kier alpha value is -2.11. The maximum absolute atomic E-state index is 11.7. The summed E-state index contributed by atoms with van der Waals surface area (Å²) in [6.07, 6.45) is 7.30. The molecule has 114 valence electrons. The lowest BCUT2D eigenvalue weighted by Crippen LogP contribution is -2.46. The molecule has 0 radical (unpaired) electrons. The number of nitrogens with zero attached hydrogens (tertiary/aromatic N) is 1. The lowest BCUT2D eigenvalue weighted by Gasteiger charge is -2.22. The Morgan fingerprint density at radius 2 is 1.95 bits per heavy atom. The number of pyridine rings is 1. The first kappa shape index (κ1) is 15.3. The van der Waals surface area contributed by atoms with Gasteiger partial charge in [-0.3, -0.25) is 9.78 Å². The molecule has 0 bridgehead atoms. The minimum atomic E-state index is -0.269. The number of aromatic nitrogens is 1. The zero-order chi connectivity index (χ0) is 14.9. The van der Waals surface area contributed by atoms with Crippen LogP contribution in [0.2, 0.25) is 0 Å². The van der Waals surface area contributed by atoms with Crippen LogP contribution < -0.4 is 16.0 Å². The minimum Gasteiger partial charge on any atom is -0.349 e. The van der Waals surface area contributed by atoms with Crippen molar-refractivity contribution in [2.75, 3.05) is 6.54 Å². The molecule has 1 aliphatic rings. The molecule has 1 heterocycles. The van der Waals surface area contributed by atoms with E-state index in [-0.39, 0.29) is 24.5 Å². The summed E-state index contributed by atoms with van der Waals surface area (Å²) in [7, 11) is 0. The van der Waals surface area contributed by atoms with E-state index in [0.29, 0.717) is 6.54 Å². The van der Waals surface area contributed by atoms with Crippen LogP contribution in [-0.4, -0.2) is 29.5 Å². The van der Waals surface area contributed by atoms with E-state index in [2.05, 4.69) is 20.9 Å². The predicted molar refractivity (Wildman–Crippen MR) is 79.5 cm³/mol. The van der Waals surface area contributed by atoms with E-state index in [1.165, 1.54) is 6.42 Å². The van der Waals surface area contributed by atoms with Crippen LogP contribution in [0.5, 0.6) is 0 Å². The molecule has 21 heavy (non-hydrogen) atoms. The normalized spacial score (nSPS) is 15.2. The number of carbonyl (C=O) groups is 2. The van der Waals surface area contributed by atoms with Crippen LogP contribution in [0.3, 0.4) is 0 Å². The molecule has 0 aromatic carbocycles. The monoisotopic (exact) mass is 290 g/mol. The van der Waals surface area contributed by atoms with Crippen LogP contribution in [0.25, 0.3) is 0 Å². The maximum atomic E-state index is 11.7. The summed E-state index contributed by atoms with van der Waals surface area (Å²) in [5.74, 6) is -0.223. The minimum absolute atomic E-state index is 0.0224. The third kappa shape index (κ3) is 5.81. The van der Waals surface area contributed by atoms with Gasteiger partial charge in [0, 0.05) is 12.2 Å². The molecule has 3 amide bonds. The van der Waals surface area contributed by atoms with E-state index < -0.39 is 0 Å². The van der Waals surface area contributed by atoms with Crippen molar-refractivity contribution in [3.05, 3.63) is 30.1 Å². The summed E-state index contributed by atoms with van der Waals surface area (Å²) in [6, 6.07) is 5.50. The zero-order valence-electron chi connectivity index (χ0n) is 12.1. The maximum Gasteiger partial charge on any atom is 0.315 e. The molecule has 0 saturated heterocycles. The van der Waals surface area contributed by atoms with Gasteiger partial charge in [0.1, 0.15) is 0 Å². The van der Waals surface area contributed by atoms with Crippen molar-refractivity contribution >= 4 is 11.9 Å². The van der Waals surface area contributed by atoms with Crippen molar-refractivity contribution in [2.45, 2.75) is 44.7 Å². The first-order chi connectivity index (χ1) is 10.2. The molecule has 1 aromatic heterocycles. The molecular weight excluding hydrogens is 268 g/mol. The molecule has 1 aliphatic carbocycles. The van der Waals surface area contributed by atoms with Gasteiger partial charge >= 0.3 is 6.03 Å². The molecule has 1 aromatic rings. The van der Waals surface area contributed by atoms with E-state index >= 15 is 0 Å². The highest BCUT2D eigenvalue weighted by Gasteiger charge is 2.15. The number of hydrogen-bond donors (Lipinski definition) is 3. The van der Waals surface area contributed by atoms with E-state index in [1.807, 2.05) is 18.2 Å². The van der Waals surface area contributed by atoms with Gasteiger partial charge in [0.25, 0.3) is 0 Å². The third-order valence-corrected chi connectivity index (χ3v) is 3.54. The smallest absolute Gasteiger partial charge is 0.315 e. The summed E-state index contributed by atoms with van der Waals surface area (Å²) in [5, 5.41) is 8.20. The summed E-state index contributed by atoms with van der Waals surface area (Å²) >= 11 is 0. The Morgan fingerprint density at radius 1 is 1.14 bits per heavy atom. The van der Waals surface area contributed by atoms with Gasteiger partial charge in [0.15, 0.2) is 0 Å². The highest BCUT2D eigenvalue weighted by molar-refractivity contribution is 5.83. The zero-order valence-corrected chi connectivity index (χ0v) is 12.1. The predicted octanol–water partition coefficient (Wildman–Crippen LogP) is 1.33. The molecule has 0 aliphatic heterocycles. The van der Waals surface area contributed by atoms with Crippen LogP contribution in [0.4, 0.5) is 4.79 Å². The first-order valence-corrected chi connectivity index (χ1v) is 7.45. The number of hydrogen-bond acceptors (Lipinski definition) is 3. The van der Waals surface area contributed by atoms with Crippen LogP contribution in [0.1, 0.15) is 37.8 Å². The second kappa shape index (κ2) is 8.24. The Morgan fingerprint density at radius 3 is 2.67 bits per heavy atom. The quantitative estimate of drug-likeness (QED) is 0.765. The van der Waals surface area contributed by atoms with Crippen molar-refractivity contribution in [3.63, 3.8) is 0 Å². The lowest BCUT2D eigenvalue weighted by molar-refractivity contribution is -0.120. The van der Waals surface area contributed by atoms with Crippen LogP contribution in [-0.2, 0) is 11.3 Å². The van der Waals surface area contributed by atoms with Gasteiger partial charge in [-0.2, -0.15) is 0 Å². The number of carbonyl (C=O) groups excluding carboxylic acids is 2. The fourth-order valence-electron chi connectivity index (χ4n) is 2.40. The Kier molecular flexibility index (Phi) is 5.99. The number of urea groups is 1. The molecule has 1 fully saturated rings. The number of rotatable bonds is 5. The second-order valence-corrected chi connectivity index (χ2v) is 5.26. The summed E-state index contributed by atoms with van der Waals surface area (Å²) in [5.41, 5.74) is 0.789. The van der Waals surface area contributed by atoms with Gasteiger partial charge < -0.3 is 16.0 Å². The van der Waals surface area contributed by atoms with Gasteiger partial charge in [0.2, 0.25) is 5.91 Å². The molecule has 2 rings (SSSR count). The van der Waals surface area contributed by atoms with E-state index in [1.54, 1.807) is 6.20 Å².